The van der Waals surface area contributed by atoms with Gasteiger partial charge >= 0.3 is 0 Å². The van der Waals surface area contributed by atoms with Crippen molar-refractivity contribution in [3.05, 3.63) is 35.4 Å². The molecule has 0 heterocycles. The number of ketones is 1. The summed E-state index contributed by atoms with van der Waals surface area (Å²) in [4.78, 5) is 11.8. The van der Waals surface area contributed by atoms with Gasteiger partial charge in [0.15, 0.2) is 0 Å². The molecule has 0 unspecified atom stereocenters. The van der Waals surface area contributed by atoms with Gasteiger partial charge in [0, 0.05) is 12.8 Å². The molecule has 92 valence electrons. The fourth-order valence-electron chi connectivity index (χ4n) is 2.68. The van der Waals surface area contributed by atoms with Crippen molar-refractivity contribution in [3.8, 4) is 0 Å². The molecule has 17 heavy (non-hydrogen) atoms. The van der Waals surface area contributed by atoms with Gasteiger partial charge < -0.3 is 0 Å². The molecule has 0 spiro atoms. The summed E-state index contributed by atoms with van der Waals surface area (Å²) < 4.78 is 0. The number of rotatable bonds is 5. The average molecular weight is 230 g/mol. The third-order valence-electron chi connectivity index (χ3n) is 3.80. The van der Waals surface area contributed by atoms with E-state index in [1.807, 2.05) is 0 Å². The number of hydrogen-bond acceptors (Lipinski definition) is 1. The maximum absolute atomic E-state index is 11.8. The summed E-state index contributed by atoms with van der Waals surface area (Å²) >= 11 is 0. The van der Waals surface area contributed by atoms with E-state index in [1.165, 1.54) is 36.8 Å². The molecule has 0 aromatic heterocycles. The molecule has 0 radical (unpaired) electrons. The summed E-state index contributed by atoms with van der Waals surface area (Å²) in [6.07, 6.45) is 7.66. The zero-order valence-electron chi connectivity index (χ0n) is 10.7. The largest absolute Gasteiger partial charge is 0.300 e. The third-order valence-corrected chi connectivity index (χ3v) is 3.80. The van der Waals surface area contributed by atoms with E-state index < -0.39 is 0 Å². The number of hydrogen-bond donors (Lipinski definition) is 0. The van der Waals surface area contributed by atoms with Gasteiger partial charge in [0.2, 0.25) is 0 Å². The first-order chi connectivity index (χ1) is 8.24. The monoisotopic (exact) mass is 230 g/mol. The van der Waals surface area contributed by atoms with Crippen molar-refractivity contribution in [2.24, 2.45) is 5.92 Å². The first-order valence-electron chi connectivity index (χ1n) is 6.81. The summed E-state index contributed by atoms with van der Waals surface area (Å²) in [7, 11) is 0. The Balaban J connectivity index is 1.73. The summed E-state index contributed by atoms with van der Waals surface area (Å²) in [6.45, 7) is 2.09. The van der Waals surface area contributed by atoms with Gasteiger partial charge in [-0.25, -0.2) is 0 Å². The minimum absolute atomic E-state index is 0.456. The Bertz CT molecular complexity index is 358. The van der Waals surface area contributed by atoms with E-state index in [1.54, 1.807) is 0 Å². The lowest BCUT2D eigenvalue weighted by Crippen LogP contribution is -2.06. The van der Waals surface area contributed by atoms with E-state index in [4.69, 9.17) is 0 Å². The summed E-state index contributed by atoms with van der Waals surface area (Å²) in [5, 5.41) is 0. The third kappa shape index (κ3) is 3.99. The SMILES string of the molecule is Cc1ccc(CCC(=O)CC2CCCC2)cc1. The minimum atomic E-state index is 0.456. The van der Waals surface area contributed by atoms with Crippen LogP contribution in [0.15, 0.2) is 24.3 Å². The Labute approximate surface area is 104 Å². The van der Waals surface area contributed by atoms with Crippen LogP contribution in [0.4, 0.5) is 0 Å². The average Bonchev–Trinajstić information content (AvgIpc) is 2.81. The van der Waals surface area contributed by atoms with Crippen LogP contribution in [0.3, 0.4) is 0 Å². The molecule has 1 fully saturated rings. The molecule has 0 N–H and O–H groups in total. The van der Waals surface area contributed by atoms with Crippen molar-refractivity contribution in [1.82, 2.24) is 0 Å². The molecular formula is C16H22O. The van der Waals surface area contributed by atoms with E-state index in [0.29, 0.717) is 11.7 Å². The van der Waals surface area contributed by atoms with Crippen LogP contribution < -0.4 is 0 Å². The van der Waals surface area contributed by atoms with Crippen LogP contribution in [0.25, 0.3) is 0 Å². The lowest BCUT2D eigenvalue weighted by Gasteiger charge is -2.07. The zero-order valence-corrected chi connectivity index (χ0v) is 10.7. The van der Waals surface area contributed by atoms with E-state index in [-0.39, 0.29) is 0 Å². The number of aryl methyl sites for hydroxylation is 2. The fourth-order valence-corrected chi connectivity index (χ4v) is 2.68. The number of carbonyl (C=O) groups is 1. The molecule has 0 atom stereocenters. The highest BCUT2D eigenvalue weighted by atomic mass is 16.1. The molecule has 0 bridgehead atoms. The van der Waals surface area contributed by atoms with Gasteiger partial charge in [-0.2, -0.15) is 0 Å². The summed E-state index contributed by atoms with van der Waals surface area (Å²) in [6, 6.07) is 8.52. The first kappa shape index (κ1) is 12.3. The van der Waals surface area contributed by atoms with Gasteiger partial charge in [-0.05, 0) is 24.8 Å². The number of carbonyl (C=O) groups excluding carboxylic acids is 1. The predicted octanol–water partition coefficient (Wildman–Crippen LogP) is 4.08. The molecular weight excluding hydrogens is 208 g/mol. The Morgan fingerprint density at radius 1 is 1.18 bits per heavy atom. The standard InChI is InChI=1S/C16H22O/c1-13-6-8-14(9-7-13)10-11-16(17)12-15-4-2-3-5-15/h6-9,15H,2-5,10-12H2,1H3. The second-order valence-corrected chi connectivity index (χ2v) is 5.38. The lowest BCUT2D eigenvalue weighted by molar-refractivity contribution is -0.119. The smallest absolute Gasteiger partial charge is 0.133 e. The molecule has 0 aliphatic heterocycles. The molecule has 1 aromatic rings. The topological polar surface area (TPSA) is 17.1 Å². The second kappa shape index (κ2) is 6.00. The van der Waals surface area contributed by atoms with Crippen molar-refractivity contribution in [2.45, 2.75) is 51.9 Å². The Kier molecular flexibility index (Phi) is 4.36. The van der Waals surface area contributed by atoms with Crippen molar-refractivity contribution in [3.63, 3.8) is 0 Å². The molecule has 1 aliphatic rings. The Hall–Kier alpha value is -1.11. The minimum Gasteiger partial charge on any atom is -0.300 e. The van der Waals surface area contributed by atoms with Crippen LogP contribution in [0.1, 0.15) is 49.7 Å². The van der Waals surface area contributed by atoms with Crippen molar-refractivity contribution in [2.75, 3.05) is 0 Å². The number of Topliss-reactive ketones (excluding diaryl/α,β-unsaturated/α-hetero) is 1. The lowest BCUT2D eigenvalue weighted by atomic mass is 9.97. The molecule has 1 aliphatic carbocycles. The second-order valence-electron chi connectivity index (χ2n) is 5.38. The first-order valence-corrected chi connectivity index (χ1v) is 6.81. The molecule has 0 amide bonds. The van der Waals surface area contributed by atoms with Gasteiger partial charge in [-0.1, -0.05) is 55.5 Å². The Morgan fingerprint density at radius 2 is 1.82 bits per heavy atom. The molecule has 1 aromatic carbocycles. The van der Waals surface area contributed by atoms with E-state index in [9.17, 15) is 4.79 Å². The normalized spacial score (nSPS) is 16.3. The highest BCUT2D eigenvalue weighted by Gasteiger charge is 2.17. The van der Waals surface area contributed by atoms with Crippen molar-refractivity contribution >= 4 is 5.78 Å². The van der Waals surface area contributed by atoms with Gasteiger partial charge in [0.1, 0.15) is 5.78 Å². The maximum atomic E-state index is 11.8. The van der Waals surface area contributed by atoms with Gasteiger partial charge in [0.25, 0.3) is 0 Å². The summed E-state index contributed by atoms with van der Waals surface area (Å²) in [5.74, 6) is 1.15. The molecule has 1 saturated carbocycles. The highest BCUT2D eigenvalue weighted by molar-refractivity contribution is 5.78. The van der Waals surface area contributed by atoms with E-state index in [2.05, 4.69) is 31.2 Å². The van der Waals surface area contributed by atoms with Crippen molar-refractivity contribution in [1.29, 1.82) is 0 Å². The molecule has 0 saturated heterocycles. The van der Waals surface area contributed by atoms with Gasteiger partial charge in [-0.3, -0.25) is 4.79 Å². The van der Waals surface area contributed by atoms with Crippen LogP contribution >= 0.6 is 0 Å². The predicted molar refractivity (Wildman–Crippen MR) is 71.1 cm³/mol. The van der Waals surface area contributed by atoms with Crippen LogP contribution in [0, 0.1) is 12.8 Å². The quantitative estimate of drug-likeness (QED) is 0.745. The van der Waals surface area contributed by atoms with Crippen LogP contribution in [-0.4, -0.2) is 5.78 Å². The van der Waals surface area contributed by atoms with Crippen molar-refractivity contribution < 1.29 is 4.79 Å². The van der Waals surface area contributed by atoms with E-state index in [0.717, 1.165) is 19.3 Å². The highest BCUT2D eigenvalue weighted by Crippen LogP contribution is 2.28. The van der Waals surface area contributed by atoms with Crippen LogP contribution in [-0.2, 0) is 11.2 Å². The van der Waals surface area contributed by atoms with Crippen LogP contribution in [0.2, 0.25) is 0 Å². The van der Waals surface area contributed by atoms with Gasteiger partial charge in [-0.15, -0.1) is 0 Å². The van der Waals surface area contributed by atoms with Crippen LogP contribution in [0.5, 0.6) is 0 Å². The van der Waals surface area contributed by atoms with E-state index >= 15 is 0 Å². The molecule has 1 nitrogen and oxygen atoms in total. The Morgan fingerprint density at radius 3 is 2.47 bits per heavy atom. The maximum Gasteiger partial charge on any atom is 0.133 e. The molecule has 1 heteroatoms. The zero-order chi connectivity index (χ0) is 12.1. The van der Waals surface area contributed by atoms with Gasteiger partial charge in [0.05, 0.1) is 0 Å². The molecule has 2 rings (SSSR count). The summed E-state index contributed by atoms with van der Waals surface area (Å²) in [5.41, 5.74) is 2.57. The number of benzene rings is 1. The fraction of sp³-hybridized carbons (Fsp3) is 0.562.